The molecular formula is C30H24F24O9. The largest absolute Gasteiger partial charge is 0.456 e. The summed E-state index contributed by atoms with van der Waals surface area (Å²) in [7, 11) is 0. The molecule has 0 saturated heterocycles. The molecule has 0 aromatic rings. The fraction of sp³-hybridized carbons (Fsp3) is 0.700. The van der Waals surface area contributed by atoms with Crippen molar-refractivity contribution >= 4 is 17.9 Å². The SMILES string of the molecule is C=C(C)C(=O)OCC(F)(F)C(F)(F)OCC1C(F)(F)C(F)(C(F)(F)OC(F)(F)C(F)(F)COC(=O)C(=C)C)C(F)(F)C(F)(C(F)(F)OC(F)(F)C(F)(F)COC(=O)C(=C)C)C1(F)F. The van der Waals surface area contributed by atoms with E-state index in [4.69, 9.17) is 0 Å². The van der Waals surface area contributed by atoms with Crippen LogP contribution in [0.25, 0.3) is 0 Å². The van der Waals surface area contributed by atoms with Gasteiger partial charge in [0.2, 0.25) is 0 Å². The van der Waals surface area contributed by atoms with Gasteiger partial charge in [-0.3, -0.25) is 0 Å². The molecule has 0 aromatic heterocycles. The maximum atomic E-state index is 16.1. The van der Waals surface area contributed by atoms with Crippen molar-refractivity contribution in [3.05, 3.63) is 36.5 Å². The minimum atomic E-state index is -9.38. The van der Waals surface area contributed by atoms with Gasteiger partial charge >= 0.3 is 95.3 Å². The molecule has 1 rings (SSSR count). The lowest BCUT2D eigenvalue weighted by atomic mass is 9.62. The molecule has 1 aliphatic carbocycles. The molecular weight excluding hydrogens is 960 g/mol. The van der Waals surface area contributed by atoms with Gasteiger partial charge in [0, 0.05) is 16.7 Å². The third-order valence-electron chi connectivity index (χ3n) is 7.88. The standard InChI is InChI=1S/C30H24F24O9/c1-11(2)15(55)58-8-18(31,32)26(45,46)61-7-14-21(37,38)23(41,29(51,52)62-27(47,48)19(33,34)9-59-16(56)12(3)4)25(43,44)24(42,22(14,39)40)30(53,54)63-28(49,50)20(35,36)10-60-17(57)13(5)6/h14H,1,3,5,7-10H2,2,4,6H3. The molecule has 0 heterocycles. The Bertz CT molecular complexity index is 1700. The van der Waals surface area contributed by atoms with Crippen LogP contribution < -0.4 is 0 Å². The minimum absolute atomic E-state index is 0.549. The van der Waals surface area contributed by atoms with Crippen LogP contribution in [0.15, 0.2) is 36.5 Å². The maximum Gasteiger partial charge on any atom is 0.427 e. The van der Waals surface area contributed by atoms with E-state index in [1.807, 2.05) is 0 Å². The van der Waals surface area contributed by atoms with E-state index in [0.29, 0.717) is 20.8 Å². The van der Waals surface area contributed by atoms with Crippen LogP contribution in [0.3, 0.4) is 0 Å². The van der Waals surface area contributed by atoms with Crippen molar-refractivity contribution in [2.24, 2.45) is 5.92 Å². The van der Waals surface area contributed by atoms with E-state index in [0.717, 1.165) is 0 Å². The van der Waals surface area contributed by atoms with Crippen molar-refractivity contribution in [3.8, 4) is 0 Å². The molecule has 2 unspecified atom stereocenters. The first kappa shape index (κ1) is 56.8. The highest BCUT2D eigenvalue weighted by atomic mass is 19.4. The molecule has 63 heavy (non-hydrogen) atoms. The number of carbonyl (C=O) groups is 3. The van der Waals surface area contributed by atoms with Crippen LogP contribution in [0.5, 0.6) is 0 Å². The van der Waals surface area contributed by atoms with Gasteiger partial charge in [-0.25, -0.2) is 50.2 Å². The van der Waals surface area contributed by atoms with Crippen LogP contribution in [-0.2, 0) is 42.8 Å². The molecule has 1 fully saturated rings. The Hall–Kier alpha value is -4.17. The lowest BCUT2D eigenvalue weighted by molar-refractivity contribution is -0.551. The quantitative estimate of drug-likeness (QED) is 0.0482. The number of hydrogen-bond acceptors (Lipinski definition) is 9. The fourth-order valence-electron chi connectivity index (χ4n) is 4.32. The summed E-state index contributed by atoms with van der Waals surface area (Å²) in [6, 6.07) is 0. The zero-order valence-corrected chi connectivity index (χ0v) is 30.8. The molecule has 0 bridgehead atoms. The number of rotatable bonds is 21. The van der Waals surface area contributed by atoms with Crippen LogP contribution in [-0.4, -0.2) is 122 Å². The summed E-state index contributed by atoms with van der Waals surface area (Å²) in [4.78, 5) is 33.8. The van der Waals surface area contributed by atoms with Crippen LogP contribution in [0.2, 0.25) is 0 Å². The Balaban J connectivity index is 4.29. The molecule has 0 aromatic carbocycles. The van der Waals surface area contributed by atoms with Gasteiger partial charge in [-0.15, -0.1) is 0 Å². The fourth-order valence-corrected chi connectivity index (χ4v) is 4.32. The van der Waals surface area contributed by atoms with E-state index in [1.165, 1.54) is 0 Å². The Labute approximate surface area is 333 Å². The predicted molar refractivity (Wildman–Crippen MR) is 151 cm³/mol. The summed E-state index contributed by atoms with van der Waals surface area (Å²) < 4.78 is 374. The third-order valence-corrected chi connectivity index (χ3v) is 7.88. The van der Waals surface area contributed by atoms with E-state index >= 15 is 52.7 Å². The van der Waals surface area contributed by atoms with E-state index in [2.05, 4.69) is 38.7 Å². The van der Waals surface area contributed by atoms with Crippen LogP contribution in [0.4, 0.5) is 105 Å². The average molecular weight is 984 g/mol. The Morgan fingerprint density at radius 2 is 0.698 bits per heavy atom. The number of hydrogen-bond donors (Lipinski definition) is 0. The van der Waals surface area contributed by atoms with Crippen molar-refractivity contribution < 1.29 is 148 Å². The smallest absolute Gasteiger partial charge is 0.427 e. The molecule has 2 atom stereocenters. The predicted octanol–water partition coefficient (Wildman–Crippen LogP) is 9.22. The maximum absolute atomic E-state index is 16.1. The first-order valence-electron chi connectivity index (χ1n) is 15.5. The number of ether oxygens (including phenoxy) is 6. The van der Waals surface area contributed by atoms with Gasteiger partial charge in [0.1, 0.15) is 5.92 Å². The van der Waals surface area contributed by atoms with Gasteiger partial charge in [0.15, 0.2) is 19.8 Å². The molecule has 0 N–H and O–H groups in total. The van der Waals surface area contributed by atoms with Crippen LogP contribution >= 0.6 is 0 Å². The first-order chi connectivity index (χ1) is 27.5. The second-order valence-corrected chi connectivity index (χ2v) is 13.0. The second-order valence-electron chi connectivity index (χ2n) is 13.0. The van der Waals surface area contributed by atoms with Gasteiger partial charge in [-0.1, -0.05) is 19.7 Å². The molecule has 0 spiro atoms. The molecule has 1 saturated carbocycles. The van der Waals surface area contributed by atoms with E-state index in [9.17, 15) is 67.1 Å². The Kier molecular flexibility index (Phi) is 15.3. The summed E-state index contributed by atoms with van der Waals surface area (Å²) in [5, 5.41) is 0. The lowest BCUT2D eigenvalue weighted by Crippen LogP contribution is -2.89. The number of halogens is 24. The summed E-state index contributed by atoms with van der Waals surface area (Å²) in [5.41, 5.74) is -21.3. The minimum Gasteiger partial charge on any atom is -0.456 e. The third kappa shape index (κ3) is 9.63. The highest BCUT2D eigenvalue weighted by Crippen LogP contribution is 2.73. The van der Waals surface area contributed by atoms with Crippen LogP contribution in [0, 0.1) is 5.92 Å². The monoisotopic (exact) mass is 984 g/mol. The van der Waals surface area contributed by atoms with E-state index in [-0.39, 0.29) is 0 Å². The van der Waals surface area contributed by atoms with E-state index < -0.39 is 144 Å². The lowest BCUT2D eigenvalue weighted by Gasteiger charge is -2.58. The summed E-state index contributed by atoms with van der Waals surface area (Å²) in [5.74, 6) is -59.4. The summed E-state index contributed by atoms with van der Waals surface area (Å²) >= 11 is 0. The highest BCUT2D eigenvalue weighted by molar-refractivity contribution is 5.87. The van der Waals surface area contributed by atoms with E-state index in [1.54, 1.807) is 9.47 Å². The van der Waals surface area contributed by atoms with Gasteiger partial charge < -0.3 is 18.9 Å². The van der Waals surface area contributed by atoms with Crippen molar-refractivity contribution in [2.45, 2.75) is 98.2 Å². The number of carbonyl (C=O) groups excluding carboxylic acids is 3. The second kappa shape index (κ2) is 17.0. The molecule has 33 heteroatoms. The number of esters is 3. The number of alkyl halides is 24. The van der Waals surface area contributed by atoms with Crippen molar-refractivity contribution in [2.75, 3.05) is 26.4 Å². The van der Waals surface area contributed by atoms with Crippen LogP contribution in [0.1, 0.15) is 20.8 Å². The normalized spacial score (nSPS) is 23.4. The Morgan fingerprint density at radius 3 is 0.937 bits per heavy atom. The van der Waals surface area contributed by atoms with Gasteiger partial charge in [0.05, 0.1) is 6.61 Å². The van der Waals surface area contributed by atoms with Crippen molar-refractivity contribution in [1.82, 2.24) is 0 Å². The zero-order chi connectivity index (χ0) is 50.6. The van der Waals surface area contributed by atoms with Gasteiger partial charge in [-0.05, 0) is 20.8 Å². The molecule has 9 nitrogen and oxygen atoms in total. The Morgan fingerprint density at radius 1 is 0.460 bits per heavy atom. The van der Waals surface area contributed by atoms with Gasteiger partial charge in [-0.2, -0.15) is 79.0 Å². The van der Waals surface area contributed by atoms with Gasteiger partial charge in [0.25, 0.3) is 0 Å². The highest BCUT2D eigenvalue weighted by Gasteiger charge is 3.04. The van der Waals surface area contributed by atoms with Crippen molar-refractivity contribution in [1.29, 1.82) is 0 Å². The molecule has 0 radical (unpaired) electrons. The molecule has 1 aliphatic rings. The zero-order valence-electron chi connectivity index (χ0n) is 30.8. The topological polar surface area (TPSA) is 107 Å². The molecule has 366 valence electrons. The first-order valence-corrected chi connectivity index (χ1v) is 15.5. The summed E-state index contributed by atoms with van der Waals surface area (Å²) in [6.07, 6.45) is -40.0. The van der Waals surface area contributed by atoms with Crippen molar-refractivity contribution in [3.63, 3.8) is 0 Å². The summed E-state index contributed by atoms with van der Waals surface area (Å²) in [6.45, 7) is -4.58. The average Bonchev–Trinajstić information content (AvgIpc) is 3.08. The molecule has 0 amide bonds. The molecule has 0 aliphatic heterocycles.